The summed E-state index contributed by atoms with van der Waals surface area (Å²) in [6.45, 7) is 0. The average Bonchev–Trinajstić information content (AvgIpc) is 2.48. The number of halogens is 1. The largest absolute Gasteiger partial charge is 0.450 e. The van der Waals surface area contributed by atoms with Crippen LogP contribution < -0.4 is 10.1 Å². The fourth-order valence-corrected chi connectivity index (χ4v) is 1.45. The number of aromatic nitrogens is 1. The lowest BCUT2D eigenvalue weighted by Gasteiger charge is -2.12. The van der Waals surface area contributed by atoms with E-state index in [1.807, 2.05) is 6.07 Å². The number of benzene rings is 1. The molecule has 1 aromatic carbocycles. The lowest BCUT2D eigenvalue weighted by atomic mass is 10.2. The Balaban J connectivity index is 2.03. The highest BCUT2D eigenvalue weighted by Crippen LogP contribution is 2.19. The van der Waals surface area contributed by atoms with Crippen molar-refractivity contribution in [2.24, 2.45) is 0 Å². The van der Waals surface area contributed by atoms with Crippen molar-refractivity contribution in [2.45, 2.75) is 6.36 Å². The molecule has 0 saturated carbocycles. The van der Waals surface area contributed by atoms with Crippen LogP contribution in [0.25, 0.3) is 0 Å². The minimum Gasteiger partial charge on any atom is -0.450 e. The first-order valence-corrected chi connectivity index (χ1v) is 5.72. The van der Waals surface area contributed by atoms with Crippen molar-refractivity contribution in [2.75, 3.05) is 5.32 Å². The normalized spacial score (nSPS) is 11.2. The van der Waals surface area contributed by atoms with E-state index in [-0.39, 0.29) is 17.1 Å². The van der Waals surface area contributed by atoms with E-state index in [4.69, 9.17) is 10.00 Å². The van der Waals surface area contributed by atoms with E-state index in [9.17, 15) is 9.18 Å². The maximum atomic E-state index is 13.7. The van der Waals surface area contributed by atoms with Crippen LogP contribution >= 0.6 is 0 Å². The van der Waals surface area contributed by atoms with Gasteiger partial charge < -0.3 is 10.1 Å². The molecule has 1 unspecified atom stereocenters. The number of pyridine rings is 1. The highest BCUT2D eigenvalue weighted by molar-refractivity contribution is 5.92. The summed E-state index contributed by atoms with van der Waals surface area (Å²) >= 11 is 0. The van der Waals surface area contributed by atoms with Gasteiger partial charge in [-0.15, -0.1) is 0 Å². The molecule has 0 radical (unpaired) electrons. The van der Waals surface area contributed by atoms with Gasteiger partial charge in [-0.3, -0.25) is 4.79 Å². The molecule has 1 aromatic heterocycles. The third-order valence-corrected chi connectivity index (χ3v) is 2.36. The Hall–Kier alpha value is -2.94. The molecular weight excluding hydrogens is 261 g/mol. The molecule has 0 saturated heterocycles. The first kappa shape index (κ1) is 13.5. The summed E-state index contributed by atoms with van der Waals surface area (Å²) in [6, 6.07) is 12.8. The summed E-state index contributed by atoms with van der Waals surface area (Å²) in [4.78, 5) is 15.4. The molecule has 0 aliphatic rings. The zero-order valence-corrected chi connectivity index (χ0v) is 10.3. The highest BCUT2D eigenvalue weighted by Gasteiger charge is 2.20. The van der Waals surface area contributed by atoms with Gasteiger partial charge in [-0.05, 0) is 24.3 Å². The average molecular weight is 271 g/mol. The molecule has 1 heterocycles. The Morgan fingerprint density at radius 2 is 2.05 bits per heavy atom. The number of ether oxygens (including phenoxy) is 1. The number of nitriles is 1. The first-order chi connectivity index (χ1) is 9.70. The molecule has 1 amide bonds. The number of carbonyl (C=O) groups is 1. The van der Waals surface area contributed by atoms with Crippen molar-refractivity contribution in [3.05, 3.63) is 54.2 Å². The van der Waals surface area contributed by atoms with Crippen molar-refractivity contribution in [3.8, 4) is 11.8 Å². The Bertz CT molecular complexity index is 640. The van der Waals surface area contributed by atoms with Gasteiger partial charge in [0.15, 0.2) is 0 Å². The van der Waals surface area contributed by atoms with Crippen LogP contribution in [-0.2, 0) is 4.79 Å². The summed E-state index contributed by atoms with van der Waals surface area (Å²) < 4.78 is 18.6. The van der Waals surface area contributed by atoms with Crippen LogP contribution in [0.15, 0.2) is 48.7 Å². The summed E-state index contributed by atoms with van der Waals surface area (Å²) in [7, 11) is 0. The van der Waals surface area contributed by atoms with Gasteiger partial charge in [-0.25, -0.2) is 4.98 Å². The third-order valence-electron chi connectivity index (χ3n) is 2.36. The van der Waals surface area contributed by atoms with Crippen LogP contribution in [-0.4, -0.2) is 17.2 Å². The van der Waals surface area contributed by atoms with Gasteiger partial charge in [0.25, 0.3) is 5.91 Å². The fourth-order valence-electron chi connectivity index (χ4n) is 1.45. The first-order valence-electron chi connectivity index (χ1n) is 5.72. The molecule has 5 nitrogen and oxygen atoms in total. The monoisotopic (exact) mass is 271 g/mol. The van der Waals surface area contributed by atoms with E-state index in [0.29, 0.717) is 0 Å². The van der Waals surface area contributed by atoms with Crippen molar-refractivity contribution in [1.82, 2.24) is 4.98 Å². The van der Waals surface area contributed by atoms with Crippen molar-refractivity contribution in [1.29, 1.82) is 5.26 Å². The lowest BCUT2D eigenvalue weighted by molar-refractivity contribution is -0.129. The molecule has 1 N–H and O–H groups in total. The van der Waals surface area contributed by atoms with Crippen molar-refractivity contribution >= 4 is 11.7 Å². The maximum absolute atomic E-state index is 13.7. The van der Waals surface area contributed by atoms with Gasteiger partial charge in [0.05, 0.1) is 5.56 Å². The van der Waals surface area contributed by atoms with Crippen LogP contribution in [0.3, 0.4) is 0 Å². The van der Waals surface area contributed by atoms with Crippen LogP contribution in [0.2, 0.25) is 0 Å². The van der Waals surface area contributed by atoms with Crippen molar-refractivity contribution < 1.29 is 13.9 Å². The number of carbonyl (C=O) groups excluding carboxylic acids is 1. The quantitative estimate of drug-likeness (QED) is 0.925. The van der Waals surface area contributed by atoms with Crippen LogP contribution in [0.4, 0.5) is 10.2 Å². The summed E-state index contributed by atoms with van der Waals surface area (Å²) in [5.74, 6) is -0.757. The molecule has 0 spiro atoms. The minimum absolute atomic E-state index is 0.0127. The molecule has 1 atom stereocenters. The second-order valence-electron chi connectivity index (χ2n) is 3.75. The van der Waals surface area contributed by atoms with E-state index in [1.54, 1.807) is 24.3 Å². The predicted molar refractivity (Wildman–Crippen MR) is 69.5 cm³/mol. The molecule has 20 heavy (non-hydrogen) atoms. The SMILES string of the molecule is N#Cc1ccccc1OC(F)C(=O)Nc1ccccn1. The Kier molecular flexibility index (Phi) is 4.24. The summed E-state index contributed by atoms with van der Waals surface area (Å²) in [5, 5.41) is 11.1. The number of para-hydroxylation sites is 1. The summed E-state index contributed by atoms with van der Waals surface area (Å²) in [6.07, 6.45) is -0.763. The smallest absolute Gasteiger partial charge is 0.317 e. The topological polar surface area (TPSA) is 75.0 Å². The molecule has 0 bridgehead atoms. The van der Waals surface area contributed by atoms with Crippen LogP contribution in [0, 0.1) is 11.3 Å². The zero-order valence-electron chi connectivity index (χ0n) is 10.3. The second-order valence-corrected chi connectivity index (χ2v) is 3.75. The predicted octanol–water partition coefficient (Wildman–Crippen LogP) is 2.27. The number of amides is 1. The number of nitrogens with zero attached hydrogens (tertiary/aromatic N) is 2. The molecule has 2 rings (SSSR count). The van der Waals surface area contributed by atoms with E-state index in [0.717, 1.165) is 0 Å². The number of anilines is 1. The van der Waals surface area contributed by atoms with Crippen LogP contribution in [0.1, 0.15) is 5.56 Å². The molecule has 2 aromatic rings. The number of alkyl halides is 1. The Morgan fingerprint density at radius 1 is 1.30 bits per heavy atom. The number of hydrogen-bond donors (Lipinski definition) is 1. The van der Waals surface area contributed by atoms with Crippen molar-refractivity contribution in [3.63, 3.8) is 0 Å². The van der Waals surface area contributed by atoms with Crippen LogP contribution in [0.5, 0.6) is 5.75 Å². The van der Waals surface area contributed by atoms with E-state index in [1.165, 1.54) is 24.4 Å². The lowest BCUT2D eigenvalue weighted by Crippen LogP contribution is -2.29. The van der Waals surface area contributed by atoms with Gasteiger partial charge in [0, 0.05) is 6.20 Å². The highest BCUT2D eigenvalue weighted by atomic mass is 19.1. The zero-order chi connectivity index (χ0) is 14.4. The van der Waals surface area contributed by atoms with E-state index in [2.05, 4.69) is 10.3 Å². The molecule has 100 valence electrons. The van der Waals surface area contributed by atoms with E-state index >= 15 is 0 Å². The van der Waals surface area contributed by atoms with E-state index < -0.39 is 12.3 Å². The standard InChI is InChI=1S/C14H10FN3O2/c15-13(14(19)18-12-7-3-4-8-17-12)20-11-6-2-1-5-10(11)9-16/h1-8,13H,(H,17,18,19). The molecular formula is C14H10FN3O2. The third kappa shape index (κ3) is 3.29. The Labute approximate surface area is 114 Å². The number of nitrogens with one attached hydrogen (secondary N) is 1. The minimum atomic E-state index is -2.23. The van der Waals surface area contributed by atoms with Gasteiger partial charge in [-0.2, -0.15) is 9.65 Å². The Morgan fingerprint density at radius 3 is 2.75 bits per heavy atom. The van der Waals surface area contributed by atoms with Gasteiger partial charge in [-0.1, -0.05) is 18.2 Å². The number of hydrogen-bond acceptors (Lipinski definition) is 4. The number of rotatable bonds is 4. The molecule has 0 aliphatic heterocycles. The van der Waals surface area contributed by atoms with Gasteiger partial charge in [0.1, 0.15) is 17.6 Å². The fraction of sp³-hybridized carbons (Fsp3) is 0.0714. The second kappa shape index (κ2) is 6.29. The summed E-state index contributed by atoms with van der Waals surface area (Å²) in [5.41, 5.74) is 0.154. The maximum Gasteiger partial charge on any atom is 0.317 e. The molecule has 6 heteroatoms. The molecule has 0 aliphatic carbocycles. The van der Waals surface area contributed by atoms with Gasteiger partial charge >= 0.3 is 6.36 Å². The van der Waals surface area contributed by atoms with Gasteiger partial charge in [0.2, 0.25) is 0 Å². The molecule has 0 fully saturated rings.